The number of fused-ring (bicyclic) bond motifs is 2. The van der Waals surface area contributed by atoms with Crippen molar-refractivity contribution < 1.29 is 14.3 Å². The van der Waals surface area contributed by atoms with E-state index < -0.39 is 0 Å². The molecule has 2 aliphatic rings. The molecule has 0 radical (unpaired) electrons. The molecular formula is C20H19N3O3. The van der Waals surface area contributed by atoms with Crippen LogP contribution in [0.15, 0.2) is 48.1 Å². The fourth-order valence-corrected chi connectivity index (χ4v) is 3.21. The van der Waals surface area contributed by atoms with E-state index in [2.05, 4.69) is 11.7 Å². The van der Waals surface area contributed by atoms with Gasteiger partial charge in [-0.25, -0.2) is 5.01 Å². The summed E-state index contributed by atoms with van der Waals surface area (Å²) >= 11 is 0. The Hall–Kier alpha value is -3.28. The number of hydrogen-bond acceptors (Lipinski definition) is 6. The van der Waals surface area contributed by atoms with Crippen molar-refractivity contribution in [2.24, 2.45) is 5.10 Å². The van der Waals surface area contributed by atoms with E-state index >= 15 is 0 Å². The van der Waals surface area contributed by atoms with Crippen molar-refractivity contribution >= 4 is 29.1 Å². The Morgan fingerprint density at radius 2 is 1.96 bits per heavy atom. The van der Waals surface area contributed by atoms with Gasteiger partial charge >= 0.3 is 0 Å². The third-order valence-electron chi connectivity index (χ3n) is 4.54. The van der Waals surface area contributed by atoms with E-state index in [9.17, 15) is 4.79 Å². The summed E-state index contributed by atoms with van der Waals surface area (Å²) in [4.78, 5) is 11.5. The van der Waals surface area contributed by atoms with Crippen LogP contribution in [0.4, 0.5) is 11.4 Å². The lowest BCUT2D eigenvalue weighted by Crippen LogP contribution is -2.17. The monoisotopic (exact) mass is 349 g/mol. The molecule has 0 aliphatic carbocycles. The second-order valence-corrected chi connectivity index (χ2v) is 6.28. The van der Waals surface area contributed by atoms with E-state index in [1.807, 2.05) is 36.4 Å². The second-order valence-electron chi connectivity index (χ2n) is 6.28. The van der Waals surface area contributed by atoms with Crippen LogP contribution < -0.4 is 20.2 Å². The molecule has 0 saturated carbocycles. The van der Waals surface area contributed by atoms with Gasteiger partial charge in [0.1, 0.15) is 5.71 Å². The van der Waals surface area contributed by atoms with Gasteiger partial charge in [0.25, 0.3) is 0 Å². The Labute approximate surface area is 151 Å². The molecule has 2 aromatic rings. The number of carbonyl (C=O) groups is 1. The standard InChI is InChI=1S/C20H19N3O3/c1-13-18-9-15(21)6-5-14(18)3-2-4-16(11-24)22-23(13)17-7-8-19-20(10-17)26-12-25-19/h5-11H,1-4,12,21H2/b22-16+. The summed E-state index contributed by atoms with van der Waals surface area (Å²) in [7, 11) is 0. The molecule has 0 atom stereocenters. The predicted molar refractivity (Wildman–Crippen MR) is 101 cm³/mol. The Bertz CT molecular complexity index is 921. The molecule has 2 heterocycles. The molecule has 0 spiro atoms. The van der Waals surface area contributed by atoms with Crippen molar-refractivity contribution in [2.75, 3.05) is 17.5 Å². The first-order valence-electron chi connectivity index (χ1n) is 8.46. The van der Waals surface area contributed by atoms with Crippen LogP contribution in [0, 0.1) is 0 Å². The van der Waals surface area contributed by atoms with E-state index in [1.54, 1.807) is 5.01 Å². The largest absolute Gasteiger partial charge is 0.454 e. The molecular weight excluding hydrogens is 330 g/mol. The summed E-state index contributed by atoms with van der Waals surface area (Å²) in [5.74, 6) is 1.33. The number of aldehydes is 1. The first-order chi connectivity index (χ1) is 12.7. The van der Waals surface area contributed by atoms with Crippen molar-refractivity contribution in [3.05, 3.63) is 54.1 Å². The van der Waals surface area contributed by atoms with Gasteiger partial charge in [-0.2, -0.15) is 5.10 Å². The number of carbonyl (C=O) groups excluding carboxylic acids is 1. The van der Waals surface area contributed by atoms with Gasteiger partial charge in [-0.3, -0.25) is 4.79 Å². The predicted octanol–water partition coefficient (Wildman–Crippen LogP) is 3.37. The Morgan fingerprint density at radius 3 is 2.81 bits per heavy atom. The van der Waals surface area contributed by atoms with E-state index in [1.165, 1.54) is 0 Å². The number of nitrogen functional groups attached to an aromatic ring is 1. The smallest absolute Gasteiger partial charge is 0.231 e. The number of benzene rings is 2. The van der Waals surface area contributed by atoms with E-state index in [-0.39, 0.29) is 6.79 Å². The van der Waals surface area contributed by atoms with Gasteiger partial charge in [-0.15, -0.1) is 0 Å². The van der Waals surface area contributed by atoms with Crippen LogP contribution in [0.1, 0.15) is 24.0 Å². The molecule has 26 heavy (non-hydrogen) atoms. The molecule has 0 saturated heterocycles. The molecule has 0 fully saturated rings. The topological polar surface area (TPSA) is 77.2 Å². The average molecular weight is 349 g/mol. The van der Waals surface area contributed by atoms with Gasteiger partial charge in [0.15, 0.2) is 17.8 Å². The van der Waals surface area contributed by atoms with Crippen LogP contribution in [-0.2, 0) is 11.2 Å². The van der Waals surface area contributed by atoms with Crippen LogP contribution in [0.3, 0.4) is 0 Å². The summed E-state index contributed by atoms with van der Waals surface area (Å²) < 4.78 is 10.8. The van der Waals surface area contributed by atoms with Crippen LogP contribution in [0.2, 0.25) is 0 Å². The maximum absolute atomic E-state index is 11.5. The number of ether oxygens (including phenoxy) is 2. The highest BCUT2D eigenvalue weighted by Gasteiger charge is 2.21. The van der Waals surface area contributed by atoms with Crippen molar-refractivity contribution in [1.29, 1.82) is 0 Å². The molecule has 0 unspecified atom stereocenters. The normalized spacial score (nSPS) is 18.2. The van der Waals surface area contributed by atoms with Crippen LogP contribution in [0.25, 0.3) is 5.70 Å². The SMILES string of the molecule is C=C1c2cc(N)ccc2CCC/C(C=O)=N\N1c1ccc2c(c1)OCO2. The lowest BCUT2D eigenvalue weighted by Gasteiger charge is -2.23. The third kappa shape index (κ3) is 2.90. The quantitative estimate of drug-likeness (QED) is 0.664. The Kier molecular flexibility index (Phi) is 4.08. The fraction of sp³-hybridized carbons (Fsp3) is 0.200. The molecule has 6 heteroatoms. The van der Waals surface area contributed by atoms with Crippen molar-refractivity contribution in [3.8, 4) is 11.5 Å². The summed E-state index contributed by atoms with van der Waals surface area (Å²) in [6.45, 7) is 4.43. The zero-order chi connectivity index (χ0) is 18.1. The zero-order valence-electron chi connectivity index (χ0n) is 14.3. The average Bonchev–Trinajstić information content (AvgIpc) is 3.13. The minimum Gasteiger partial charge on any atom is -0.454 e. The maximum Gasteiger partial charge on any atom is 0.231 e. The van der Waals surface area contributed by atoms with Gasteiger partial charge in [-0.05, 0) is 49.1 Å². The minimum absolute atomic E-state index is 0.196. The summed E-state index contributed by atoms with van der Waals surface area (Å²) in [5, 5.41) is 6.24. The zero-order valence-corrected chi connectivity index (χ0v) is 14.3. The minimum atomic E-state index is 0.196. The van der Waals surface area contributed by atoms with Crippen molar-refractivity contribution in [3.63, 3.8) is 0 Å². The first-order valence-corrected chi connectivity index (χ1v) is 8.46. The highest BCUT2D eigenvalue weighted by molar-refractivity contribution is 6.28. The molecule has 0 bridgehead atoms. The third-order valence-corrected chi connectivity index (χ3v) is 4.54. The van der Waals surface area contributed by atoms with Gasteiger partial charge < -0.3 is 15.2 Å². The fourth-order valence-electron chi connectivity index (χ4n) is 3.21. The van der Waals surface area contributed by atoms with Gasteiger partial charge in [0.2, 0.25) is 6.79 Å². The Balaban J connectivity index is 1.84. The molecule has 0 aromatic heterocycles. The number of rotatable bonds is 2. The summed E-state index contributed by atoms with van der Waals surface area (Å²) in [5.41, 5.74) is 10.6. The first kappa shape index (κ1) is 16.2. The molecule has 2 N–H and O–H groups in total. The molecule has 132 valence electrons. The van der Waals surface area contributed by atoms with Gasteiger partial charge in [-0.1, -0.05) is 12.6 Å². The lowest BCUT2D eigenvalue weighted by molar-refractivity contribution is -0.102. The lowest BCUT2D eigenvalue weighted by atomic mass is 9.98. The second kappa shape index (κ2) is 6.55. The molecule has 4 rings (SSSR count). The van der Waals surface area contributed by atoms with E-state index in [4.69, 9.17) is 15.2 Å². The van der Waals surface area contributed by atoms with Gasteiger partial charge in [0, 0.05) is 17.3 Å². The maximum atomic E-state index is 11.5. The number of anilines is 2. The van der Waals surface area contributed by atoms with E-state index in [0.717, 1.165) is 35.9 Å². The highest BCUT2D eigenvalue weighted by Crippen LogP contribution is 2.38. The summed E-state index contributed by atoms with van der Waals surface area (Å²) in [6, 6.07) is 11.3. The van der Waals surface area contributed by atoms with Crippen molar-refractivity contribution in [2.45, 2.75) is 19.3 Å². The Morgan fingerprint density at radius 1 is 1.12 bits per heavy atom. The number of hydrazone groups is 1. The molecule has 6 nitrogen and oxygen atoms in total. The van der Waals surface area contributed by atoms with Crippen molar-refractivity contribution in [1.82, 2.24) is 0 Å². The number of hydrogen-bond donors (Lipinski definition) is 1. The van der Waals surface area contributed by atoms with Gasteiger partial charge in [0.05, 0.1) is 11.4 Å². The van der Waals surface area contributed by atoms with Crippen LogP contribution >= 0.6 is 0 Å². The van der Waals surface area contributed by atoms with Crippen LogP contribution in [-0.4, -0.2) is 18.8 Å². The van der Waals surface area contributed by atoms with Crippen LogP contribution in [0.5, 0.6) is 11.5 Å². The van der Waals surface area contributed by atoms with E-state index in [0.29, 0.717) is 35.0 Å². The molecule has 2 aliphatic heterocycles. The molecule has 0 amide bonds. The number of aryl methyl sites for hydroxylation is 1. The molecule has 2 aromatic carbocycles. The highest BCUT2D eigenvalue weighted by atomic mass is 16.7. The summed E-state index contributed by atoms with van der Waals surface area (Å²) in [6.07, 6.45) is 3.06. The number of nitrogens with zero attached hydrogens (tertiary/aromatic N) is 2. The number of nitrogens with two attached hydrogens (primary N) is 1.